The number of aromatic nitrogens is 3. The van der Waals surface area contributed by atoms with Crippen molar-refractivity contribution in [2.75, 3.05) is 11.1 Å². The Hall–Kier alpha value is -2.74. The molecule has 0 aliphatic heterocycles. The molecule has 0 aliphatic rings. The van der Waals surface area contributed by atoms with Crippen LogP contribution in [0.25, 0.3) is 5.69 Å². The predicted octanol–water partition coefficient (Wildman–Crippen LogP) is 3.28. The average Bonchev–Trinajstić information content (AvgIpc) is 3.06. The number of anilines is 1. The van der Waals surface area contributed by atoms with E-state index in [2.05, 4.69) is 15.4 Å². The lowest BCUT2D eigenvalue weighted by atomic mass is 10.3. The summed E-state index contributed by atoms with van der Waals surface area (Å²) in [5.41, 5.74) is 1.06. The molecule has 1 aromatic heterocycles. The van der Waals surface area contributed by atoms with Gasteiger partial charge in [0.15, 0.2) is 11.6 Å². The molecule has 122 valence electrons. The molecule has 2 aromatic carbocycles. The SMILES string of the molecule is O=C(CSc1ncn(-c2ccccc2)n1)Nc1ccc(F)c(F)c1. The Morgan fingerprint density at radius 1 is 1.12 bits per heavy atom. The Morgan fingerprint density at radius 3 is 2.67 bits per heavy atom. The van der Waals surface area contributed by atoms with Gasteiger partial charge < -0.3 is 5.32 Å². The lowest BCUT2D eigenvalue weighted by molar-refractivity contribution is -0.113. The van der Waals surface area contributed by atoms with Crippen LogP contribution < -0.4 is 5.32 Å². The number of nitrogens with one attached hydrogen (secondary N) is 1. The first-order valence-corrected chi connectivity index (χ1v) is 7.95. The van der Waals surface area contributed by atoms with Crippen molar-refractivity contribution in [2.45, 2.75) is 5.16 Å². The molecule has 1 amide bonds. The van der Waals surface area contributed by atoms with Crippen molar-refractivity contribution >= 4 is 23.4 Å². The van der Waals surface area contributed by atoms with Gasteiger partial charge in [-0.25, -0.2) is 18.4 Å². The van der Waals surface area contributed by atoms with E-state index >= 15 is 0 Å². The van der Waals surface area contributed by atoms with Gasteiger partial charge in [-0.15, -0.1) is 5.10 Å². The summed E-state index contributed by atoms with van der Waals surface area (Å²) in [6.07, 6.45) is 1.56. The zero-order valence-electron chi connectivity index (χ0n) is 12.3. The molecule has 0 spiro atoms. The average molecular weight is 346 g/mol. The van der Waals surface area contributed by atoms with Gasteiger partial charge >= 0.3 is 0 Å². The van der Waals surface area contributed by atoms with Crippen LogP contribution in [-0.2, 0) is 4.79 Å². The topological polar surface area (TPSA) is 59.8 Å². The summed E-state index contributed by atoms with van der Waals surface area (Å²) in [7, 11) is 0. The summed E-state index contributed by atoms with van der Waals surface area (Å²) in [5.74, 6) is -2.28. The van der Waals surface area contributed by atoms with E-state index in [0.717, 1.165) is 29.6 Å². The number of amides is 1. The van der Waals surface area contributed by atoms with Crippen LogP contribution in [0.2, 0.25) is 0 Å². The number of halogens is 2. The van der Waals surface area contributed by atoms with E-state index < -0.39 is 11.6 Å². The van der Waals surface area contributed by atoms with Crippen molar-refractivity contribution in [3.63, 3.8) is 0 Å². The molecule has 3 rings (SSSR count). The monoisotopic (exact) mass is 346 g/mol. The quantitative estimate of drug-likeness (QED) is 0.720. The highest BCUT2D eigenvalue weighted by Crippen LogP contribution is 2.16. The minimum absolute atomic E-state index is 0.0534. The number of nitrogens with zero attached hydrogens (tertiary/aromatic N) is 3. The summed E-state index contributed by atoms with van der Waals surface area (Å²) in [5, 5.41) is 7.20. The summed E-state index contributed by atoms with van der Waals surface area (Å²) < 4.78 is 27.5. The molecule has 3 aromatic rings. The van der Waals surface area contributed by atoms with Crippen LogP contribution in [-0.4, -0.2) is 26.4 Å². The Bertz CT molecular complexity index is 854. The number of hydrogen-bond donors (Lipinski definition) is 1. The van der Waals surface area contributed by atoms with Crippen LogP contribution in [0.3, 0.4) is 0 Å². The Balaban J connectivity index is 1.56. The molecule has 1 heterocycles. The first-order valence-electron chi connectivity index (χ1n) is 6.96. The number of thioether (sulfide) groups is 1. The maximum Gasteiger partial charge on any atom is 0.234 e. The van der Waals surface area contributed by atoms with Gasteiger partial charge in [-0.05, 0) is 24.3 Å². The molecule has 5 nitrogen and oxygen atoms in total. The molecule has 8 heteroatoms. The van der Waals surface area contributed by atoms with Crippen molar-refractivity contribution < 1.29 is 13.6 Å². The molecule has 0 fully saturated rings. The second kappa shape index (κ2) is 7.22. The molecule has 0 unspecified atom stereocenters. The maximum atomic E-state index is 13.1. The van der Waals surface area contributed by atoms with Gasteiger partial charge in [0.05, 0.1) is 11.4 Å². The van der Waals surface area contributed by atoms with E-state index in [1.54, 1.807) is 11.0 Å². The van der Waals surface area contributed by atoms with Crippen LogP contribution in [0.4, 0.5) is 14.5 Å². The Labute approximate surface area is 140 Å². The predicted molar refractivity (Wildman–Crippen MR) is 87.1 cm³/mol. The molecule has 0 bridgehead atoms. The summed E-state index contributed by atoms with van der Waals surface area (Å²) in [6.45, 7) is 0. The number of hydrogen-bond acceptors (Lipinski definition) is 4. The van der Waals surface area contributed by atoms with E-state index in [9.17, 15) is 13.6 Å². The van der Waals surface area contributed by atoms with Crippen molar-refractivity contribution in [3.8, 4) is 5.69 Å². The van der Waals surface area contributed by atoms with E-state index in [4.69, 9.17) is 0 Å². The summed E-state index contributed by atoms with van der Waals surface area (Å²) >= 11 is 1.15. The van der Waals surface area contributed by atoms with Gasteiger partial charge in [0.2, 0.25) is 11.1 Å². The third-order valence-corrected chi connectivity index (χ3v) is 3.88. The van der Waals surface area contributed by atoms with Crippen LogP contribution in [0.5, 0.6) is 0 Å². The van der Waals surface area contributed by atoms with Gasteiger partial charge in [0, 0.05) is 11.8 Å². The lowest BCUT2D eigenvalue weighted by Crippen LogP contribution is -2.14. The van der Waals surface area contributed by atoms with Crippen LogP contribution >= 0.6 is 11.8 Å². The first-order chi connectivity index (χ1) is 11.6. The number of carbonyl (C=O) groups is 1. The Kier molecular flexibility index (Phi) is 4.85. The highest BCUT2D eigenvalue weighted by atomic mass is 32.2. The van der Waals surface area contributed by atoms with Gasteiger partial charge in [0.1, 0.15) is 6.33 Å². The van der Waals surface area contributed by atoms with E-state index in [-0.39, 0.29) is 17.3 Å². The minimum Gasteiger partial charge on any atom is -0.325 e. The van der Waals surface area contributed by atoms with Gasteiger partial charge in [-0.3, -0.25) is 4.79 Å². The fourth-order valence-corrected chi connectivity index (χ4v) is 2.52. The maximum absolute atomic E-state index is 13.1. The van der Waals surface area contributed by atoms with Crippen molar-refractivity contribution in [3.05, 3.63) is 66.5 Å². The highest BCUT2D eigenvalue weighted by molar-refractivity contribution is 7.99. The number of para-hydroxylation sites is 1. The molecule has 0 aliphatic carbocycles. The molecule has 0 radical (unpaired) electrons. The smallest absolute Gasteiger partial charge is 0.234 e. The molecule has 0 saturated carbocycles. The lowest BCUT2D eigenvalue weighted by Gasteiger charge is -2.04. The molecule has 0 saturated heterocycles. The van der Waals surface area contributed by atoms with Crippen LogP contribution in [0.15, 0.2) is 60.0 Å². The number of benzene rings is 2. The van der Waals surface area contributed by atoms with Gasteiger partial charge in [-0.1, -0.05) is 30.0 Å². The van der Waals surface area contributed by atoms with E-state index in [1.165, 1.54) is 6.07 Å². The van der Waals surface area contributed by atoms with Crippen molar-refractivity contribution in [1.82, 2.24) is 14.8 Å². The standard InChI is InChI=1S/C16H12F2N4OS/c17-13-7-6-11(8-14(13)18)20-15(23)9-24-16-19-10-22(21-16)12-4-2-1-3-5-12/h1-8,10H,9H2,(H,20,23). The van der Waals surface area contributed by atoms with Gasteiger partial charge in [-0.2, -0.15) is 0 Å². The zero-order valence-corrected chi connectivity index (χ0v) is 13.1. The minimum atomic E-state index is -1.01. The number of rotatable bonds is 5. The highest BCUT2D eigenvalue weighted by Gasteiger charge is 2.09. The largest absolute Gasteiger partial charge is 0.325 e. The fraction of sp³-hybridized carbons (Fsp3) is 0.0625. The van der Waals surface area contributed by atoms with E-state index in [0.29, 0.717) is 5.16 Å². The van der Waals surface area contributed by atoms with Gasteiger partial charge in [0.25, 0.3) is 0 Å². The normalized spacial score (nSPS) is 10.6. The molecular formula is C16H12F2N4OS. The van der Waals surface area contributed by atoms with E-state index in [1.807, 2.05) is 30.3 Å². The third kappa shape index (κ3) is 3.96. The second-order valence-electron chi connectivity index (χ2n) is 4.77. The third-order valence-electron chi connectivity index (χ3n) is 3.03. The second-order valence-corrected chi connectivity index (χ2v) is 5.72. The Morgan fingerprint density at radius 2 is 1.92 bits per heavy atom. The van der Waals surface area contributed by atoms with Crippen LogP contribution in [0.1, 0.15) is 0 Å². The molecule has 1 N–H and O–H groups in total. The van der Waals surface area contributed by atoms with Crippen molar-refractivity contribution in [2.24, 2.45) is 0 Å². The summed E-state index contributed by atoms with van der Waals surface area (Å²) in [4.78, 5) is 16.0. The molecule has 24 heavy (non-hydrogen) atoms. The van der Waals surface area contributed by atoms with Crippen molar-refractivity contribution in [1.29, 1.82) is 0 Å². The summed E-state index contributed by atoms with van der Waals surface area (Å²) in [6, 6.07) is 12.6. The fourth-order valence-electron chi connectivity index (χ4n) is 1.92. The molecule has 0 atom stereocenters. The van der Waals surface area contributed by atoms with Crippen LogP contribution in [0, 0.1) is 11.6 Å². The first kappa shape index (κ1) is 16.1. The molecular weight excluding hydrogens is 334 g/mol. The number of carbonyl (C=O) groups excluding carboxylic acids is 1. The zero-order chi connectivity index (χ0) is 16.9.